The number of ether oxygens (including phenoxy) is 1. The Hall–Kier alpha value is 0.270. The van der Waals surface area contributed by atoms with Crippen molar-refractivity contribution in [2.24, 2.45) is 0 Å². The first-order valence-electron chi connectivity index (χ1n) is 2.17. The summed E-state index contributed by atoms with van der Waals surface area (Å²) in [6.07, 6.45) is 0. The molecule has 0 fully saturated rings. The van der Waals surface area contributed by atoms with E-state index in [9.17, 15) is 9.18 Å². The minimum absolute atomic E-state index is 1.03. The maximum Gasteiger partial charge on any atom is 0.346 e. The zero-order chi connectivity index (χ0) is 8.36. The SMILES string of the molecule is COC(=O)C(Cl)(Cl)C(F)Cl. The van der Waals surface area contributed by atoms with E-state index in [1.54, 1.807) is 0 Å². The Kier molecular flexibility index (Phi) is 3.70. The van der Waals surface area contributed by atoms with Crippen molar-refractivity contribution in [3.8, 4) is 0 Å². The molecule has 0 radical (unpaired) electrons. The van der Waals surface area contributed by atoms with E-state index in [-0.39, 0.29) is 0 Å². The Labute approximate surface area is 72.2 Å². The summed E-state index contributed by atoms with van der Waals surface area (Å²) in [4.78, 5) is 10.5. The lowest BCUT2D eigenvalue weighted by Crippen LogP contribution is -2.34. The number of carbonyl (C=O) groups is 1. The fraction of sp³-hybridized carbons (Fsp3) is 0.750. The van der Waals surface area contributed by atoms with Crippen LogP contribution in [0, 0.1) is 0 Å². The second-order valence-corrected chi connectivity index (χ2v) is 3.18. The van der Waals surface area contributed by atoms with Crippen molar-refractivity contribution in [2.45, 2.75) is 9.96 Å². The van der Waals surface area contributed by atoms with Gasteiger partial charge in [-0.1, -0.05) is 34.8 Å². The second-order valence-electron chi connectivity index (χ2n) is 1.42. The van der Waals surface area contributed by atoms with Gasteiger partial charge in [-0.15, -0.1) is 0 Å². The molecule has 0 aliphatic carbocycles. The highest BCUT2D eigenvalue weighted by Crippen LogP contribution is 2.31. The molecule has 60 valence electrons. The van der Waals surface area contributed by atoms with Crippen molar-refractivity contribution in [1.82, 2.24) is 0 Å². The molecule has 0 aromatic rings. The van der Waals surface area contributed by atoms with Crippen LogP contribution in [0.15, 0.2) is 0 Å². The maximum atomic E-state index is 12.1. The summed E-state index contributed by atoms with van der Waals surface area (Å²) >= 11 is 15.0. The molecule has 10 heavy (non-hydrogen) atoms. The Balaban J connectivity index is 4.24. The molecule has 2 nitrogen and oxygen atoms in total. The summed E-state index contributed by atoms with van der Waals surface area (Å²) in [5.74, 6) is -1.11. The molecule has 1 unspecified atom stereocenters. The van der Waals surface area contributed by atoms with E-state index in [0.29, 0.717) is 0 Å². The van der Waals surface area contributed by atoms with E-state index >= 15 is 0 Å². The van der Waals surface area contributed by atoms with Crippen LogP contribution in [0.5, 0.6) is 0 Å². The van der Waals surface area contributed by atoms with Gasteiger partial charge in [0, 0.05) is 0 Å². The van der Waals surface area contributed by atoms with E-state index in [4.69, 9.17) is 34.8 Å². The van der Waals surface area contributed by atoms with Crippen LogP contribution in [-0.2, 0) is 9.53 Å². The first kappa shape index (κ1) is 10.3. The fourth-order valence-electron chi connectivity index (χ4n) is 0.225. The van der Waals surface area contributed by atoms with E-state index in [0.717, 1.165) is 7.11 Å². The molecule has 0 amide bonds. The zero-order valence-electron chi connectivity index (χ0n) is 4.91. The number of hydrogen-bond donors (Lipinski definition) is 0. The van der Waals surface area contributed by atoms with Crippen LogP contribution in [-0.4, -0.2) is 23.0 Å². The third-order valence-electron chi connectivity index (χ3n) is 0.732. The van der Waals surface area contributed by atoms with Crippen LogP contribution in [0.4, 0.5) is 4.39 Å². The number of methoxy groups -OCH3 is 1. The molecule has 0 saturated heterocycles. The van der Waals surface area contributed by atoms with Crippen molar-refractivity contribution in [3.63, 3.8) is 0 Å². The molecule has 0 spiro atoms. The normalized spacial score (nSPS) is 14.5. The Morgan fingerprint density at radius 2 is 2.10 bits per heavy atom. The summed E-state index contributed by atoms with van der Waals surface area (Å²) in [5, 5.41) is 0. The summed E-state index contributed by atoms with van der Waals surface area (Å²) in [7, 11) is 1.03. The predicted molar refractivity (Wildman–Crippen MR) is 37.2 cm³/mol. The van der Waals surface area contributed by atoms with Gasteiger partial charge in [0.05, 0.1) is 7.11 Å². The number of rotatable bonds is 2. The van der Waals surface area contributed by atoms with Gasteiger partial charge in [0.1, 0.15) is 0 Å². The van der Waals surface area contributed by atoms with Gasteiger partial charge < -0.3 is 4.74 Å². The number of alkyl halides is 4. The van der Waals surface area contributed by atoms with E-state index in [1.807, 2.05) is 0 Å². The molecule has 0 aliphatic heterocycles. The third kappa shape index (κ3) is 2.15. The molecule has 0 N–H and O–H groups in total. The number of hydrogen-bond acceptors (Lipinski definition) is 2. The van der Waals surface area contributed by atoms with Crippen molar-refractivity contribution < 1.29 is 13.9 Å². The Morgan fingerprint density at radius 3 is 2.20 bits per heavy atom. The lowest BCUT2D eigenvalue weighted by Gasteiger charge is -2.15. The van der Waals surface area contributed by atoms with Gasteiger partial charge in [-0.05, 0) is 0 Å². The molecule has 6 heteroatoms. The van der Waals surface area contributed by atoms with Crippen molar-refractivity contribution in [2.75, 3.05) is 7.11 Å². The van der Waals surface area contributed by atoms with Crippen LogP contribution in [0.3, 0.4) is 0 Å². The highest BCUT2D eigenvalue weighted by atomic mass is 35.5. The first-order valence-corrected chi connectivity index (χ1v) is 3.36. The molecule has 1 atom stereocenters. The van der Waals surface area contributed by atoms with E-state index in [1.165, 1.54) is 0 Å². The zero-order valence-corrected chi connectivity index (χ0v) is 7.17. The minimum Gasteiger partial charge on any atom is -0.467 e. The standard InChI is InChI=1S/C4H4Cl3FO2/c1-10-3(9)4(6,7)2(5)8/h2H,1H3. The predicted octanol–water partition coefficient (Wildman–Crippen LogP) is 1.87. The van der Waals surface area contributed by atoms with Gasteiger partial charge in [0.25, 0.3) is 4.33 Å². The smallest absolute Gasteiger partial charge is 0.346 e. The molecule has 0 aliphatic rings. The van der Waals surface area contributed by atoms with Crippen molar-refractivity contribution in [1.29, 1.82) is 0 Å². The minimum atomic E-state index is -2.31. The molecule has 0 aromatic heterocycles. The molecular weight excluding hydrogens is 205 g/mol. The summed E-state index contributed by atoms with van der Waals surface area (Å²) < 4.78 is 13.9. The average Bonchev–Trinajstić information content (AvgIpc) is 1.86. The largest absolute Gasteiger partial charge is 0.467 e. The fourth-order valence-corrected chi connectivity index (χ4v) is 0.469. The topological polar surface area (TPSA) is 26.3 Å². The quantitative estimate of drug-likeness (QED) is 0.513. The first-order chi connectivity index (χ1) is 4.42. The van der Waals surface area contributed by atoms with Crippen LogP contribution in [0.25, 0.3) is 0 Å². The molecule has 0 aromatic carbocycles. The van der Waals surface area contributed by atoms with Crippen LogP contribution >= 0.6 is 34.8 Å². The monoisotopic (exact) mass is 208 g/mol. The number of esters is 1. The van der Waals surface area contributed by atoms with Crippen molar-refractivity contribution >= 4 is 40.8 Å². The number of carbonyl (C=O) groups excluding carboxylic acids is 1. The second kappa shape index (κ2) is 3.60. The molecule has 0 heterocycles. The maximum absolute atomic E-state index is 12.1. The van der Waals surface area contributed by atoms with E-state index in [2.05, 4.69) is 4.74 Å². The summed E-state index contributed by atoms with van der Waals surface area (Å²) in [6.45, 7) is 0. The Morgan fingerprint density at radius 1 is 1.70 bits per heavy atom. The van der Waals surface area contributed by atoms with Crippen LogP contribution in [0.1, 0.15) is 0 Å². The third-order valence-corrected chi connectivity index (χ3v) is 1.97. The van der Waals surface area contributed by atoms with Gasteiger partial charge in [-0.3, -0.25) is 0 Å². The molecule has 0 saturated carbocycles. The summed E-state index contributed by atoms with van der Waals surface area (Å²) in [5.41, 5.74) is -2.18. The van der Waals surface area contributed by atoms with Gasteiger partial charge in [0.2, 0.25) is 5.63 Å². The number of halogens is 4. The van der Waals surface area contributed by atoms with E-state index < -0.39 is 15.9 Å². The molecular formula is C4H4Cl3FO2. The van der Waals surface area contributed by atoms with Gasteiger partial charge in [0.15, 0.2) is 0 Å². The van der Waals surface area contributed by atoms with Crippen molar-refractivity contribution in [3.05, 3.63) is 0 Å². The molecule has 0 bridgehead atoms. The lowest BCUT2D eigenvalue weighted by atomic mass is 10.4. The van der Waals surface area contributed by atoms with Crippen LogP contribution < -0.4 is 0 Å². The average molecular weight is 209 g/mol. The highest BCUT2D eigenvalue weighted by Gasteiger charge is 2.43. The molecule has 0 rings (SSSR count). The van der Waals surface area contributed by atoms with Crippen LogP contribution in [0.2, 0.25) is 0 Å². The van der Waals surface area contributed by atoms with Gasteiger partial charge in [-0.2, -0.15) is 0 Å². The Bertz CT molecular complexity index is 136. The highest BCUT2D eigenvalue weighted by molar-refractivity contribution is 6.60. The van der Waals surface area contributed by atoms with Gasteiger partial charge >= 0.3 is 5.97 Å². The lowest BCUT2D eigenvalue weighted by molar-refractivity contribution is -0.142. The summed E-state index contributed by atoms with van der Waals surface area (Å²) in [6, 6.07) is 0. The van der Waals surface area contributed by atoms with Gasteiger partial charge in [-0.25, -0.2) is 9.18 Å².